The van der Waals surface area contributed by atoms with E-state index >= 15 is 0 Å². The third-order valence-electron chi connectivity index (χ3n) is 8.70. The standard InChI is InChI=1S/C31H37F3N6O4/c1-17(21-12-22(31(32,33)34)14-23(35)13-21)36-28-25-15-24(27(44-3)16-26(25)37-18(2)38-28)19-4-6-20(7-5-19)29(41)39-8-10-40(11-9-39)30(42)43/h12-17,19-20H,4-11,35H2,1-3H3,(H,42,43)(H,36,37,38)/t17-,19?,20?/m1/s1. The van der Waals surface area contributed by atoms with Crippen molar-refractivity contribution < 1.29 is 32.6 Å². The number of nitrogens with two attached hydrogens (primary N) is 1. The van der Waals surface area contributed by atoms with Crippen molar-refractivity contribution in [2.24, 2.45) is 5.92 Å². The first-order valence-electron chi connectivity index (χ1n) is 14.7. The number of amides is 2. The zero-order valence-electron chi connectivity index (χ0n) is 24.9. The van der Waals surface area contributed by atoms with Gasteiger partial charge in [-0.2, -0.15) is 13.2 Å². The zero-order valence-corrected chi connectivity index (χ0v) is 24.9. The van der Waals surface area contributed by atoms with Gasteiger partial charge in [0.2, 0.25) is 5.91 Å². The van der Waals surface area contributed by atoms with Gasteiger partial charge >= 0.3 is 12.3 Å². The number of carbonyl (C=O) groups is 2. The fourth-order valence-corrected chi connectivity index (χ4v) is 6.30. The summed E-state index contributed by atoms with van der Waals surface area (Å²) in [5, 5.41) is 13.2. The van der Waals surface area contributed by atoms with Crippen molar-refractivity contribution in [2.45, 2.75) is 57.7 Å². The largest absolute Gasteiger partial charge is 0.496 e. The summed E-state index contributed by atoms with van der Waals surface area (Å²) in [6, 6.07) is 6.83. The minimum absolute atomic E-state index is 0.0239. The number of piperazine rings is 1. The van der Waals surface area contributed by atoms with E-state index in [4.69, 9.17) is 10.5 Å². The Bertz CT molecular complexity index is 1550. The number of hydrogen-bond donors (Lipinski definition) is 3. The average Bonchev–Trinajstić information content (AvgIpc) is 2.99. The Morgan fingerprint density at radius 2 is 1.68 bits per heavy atom. The number of nitrogens with one attached hydrogen (secondary N) is 1. The summed E-state index contributed by atoms with van der Waals surface area (Å²) < 4.78 is 46.1. The third-order valence-corrected chi connectivity index (χ3v) is 8.70. The number of methoxy groups -OCH3 is 1. The third kappa shape index (κ3) is 6.61. The van der Waals surface area contributed by atoms with Crippen LogP contribution in [0.1, 0.15) is 67.1 Å². The normalized spacial score (nSPS) is 20.0. The minimum Gasteiger partial charge on any atom is -0.496 e. The minimum atomic E-state index is -4.52. The van der Waals surface area contributed by atoms with Gasteiger partial charge in [-0.15, -0.1) is 0 Å². The first-order valence-corrected chi connectivity index (χ1v) is 14.7. The van der Waals surface area contributed by atoms with Crippen molar-refractivity contribution in [3.8, 4) is 5.75 Å². The average molecular weight is 615 g/mol. The van der Waals surface area contributed by atoms with Crippen LogP contribution < -0.4 is 15.8 Å². The fraction of sp³-hybridized carbons (Fsp3) is 0.484. The van der Waals surface area contributed by atoms with Gasteiger partial charge in [0.15, 0.2) is 0 Å². The van der Waals surface area contributed by atoms with Gasteiger partial charge in [-0.25, -0.2) is 14.8 Å². The maximum absolute atomic E-state index is 13.4. The lowest BCUT2D eigenvalue weighted by Gasteiger charge is -2.37. The van der Waals surface area contributed by atoms with Crippen molar-refractivity contribution in [1.29, 1.82) is 0 Å². The highest BCUT2D eigenvalue weighted by Crippen LogP contribution is 2.43. The van der Waals surface area contributed by atoms with Gasteiger partial charge in [-0.3, -0.25) is 4.79 Å². The van der Waals surface area contributed by atoms with E-state index in [2.05, 4.69) is 15.3 Å². The number of benzene rings is 2. The van der Waals surface area contributed by atoms with Crippen LogP contribution in [0.2, 0.25) is 0 Å². The first-order chi connectivity index (χ1) is 20.8. The van der Waals surface area contributed by atoms with E-state index in [9.17, 15) is 27.9 Å². The second-order valence-electron chi connectivity index (χ2n) is 11.6. The number of alkyl halides is 3. The molecule has 1 aliphatic carbocycles. The molecule has 2 fully saturated rings. The number of carbonyl (C=O) groups excluding carboxylic acids is 1. The molecule has 1 saturated carbocycles. The van der Waals surface area contributed by atoms with Crippen LogP contribution in [0.25, 0.3) is 10.9 Å². The highest BCUT2D eigenvalue weighted by Gasteiger charge is 2.34. The van der Waals surface area contributed by atoms with E-state index in [1.54, 1.807) is 25.9 Å². The lowest BCUT2D eigenvalue weighted by molar-refractivity contribution is -0.138. The highest BCUT2D eigenvalue weighted by molar-refractivity contribution is 5.91. The summed E-state index contributed by atoms with van der Waals surface area (Å²) in [4.78, 5) is 36.7. The lowest BCUT2D eigenvalue weighted by Crippen LogP contribution is -2.51. The number of hydrogen-bond acceptors (Lipinski definition) is 7. The maximum atomic E-state index is 13.4. The van der Waals surface area contributed by atoms with Gasteiger partial charge in [0.1, 0.15) is 17.4 Å². The number of anilines is 2. The number of nitrogens with zero attached hydrogens (tertiary/aromatic N) is 4. The molecule has 4 N–H and O–H groups in total. The van der Waals surface area contributed by atoms with Gasteiger partial charge in [-0.05, 0) is 80.8 Å². The van der Waals surface area contributed by atoms with Crippen molar-refractivity contribution in [1.82, 2.24) is 19.8 Å². The van der Waals surface area contributed by atoms with E-state index in [-0.39, 0.29) is 23.4 Å². The van der Waals surface area contributed by atoms with Crippen LogP contribution in [0.4, 0.5) is 29.5 Å². The second-order valence-corrected chi connectivity index (χ2v) is 11.6. The Hall–Kier alpha value is -4.29. The summed E-state index contributed by atoms with van der Waals surface area (Å²) in [6.45, 7) is 4.96. The Balaban J connectivity index is 1.36. The molecule has 44 heavy (non-hydrogen) atoms. The molecule has 1 atom stereocenters. The molecule has 13 heteroatoms. The number of aromatic nitrogens is 2. The highest BCUT2D eigenvalue weighted by atomic mass is 19.4. The summed E-state index contributed by atoms with van der Waals surface area (Å²) in [6.07, 6.45) is -2.55. The first kappa shape index (κ1) is 31.1. The van der Waals surface area contributed by atoms with Crippen LogP contribution in [-0.2, 0) is 11.0 Å². The SMILES string of the molecule is COc1cc2nc(C)nc(N[C@H](C)c3cc(N)cc(C(F)(F)F)c3)c2cc1C1CCC(C(=O)N2CCN(C(=O)O)CC2)CC1. The van der Waals surface area contributed by atoms with Crippen LogP contribution in [-0.4, -0.2) is 70.2 Å². The Labute approximate surface area is 253 Å². The number of aryl methyl sites for hydroxylation is 1. The monoisotopic (exact) mass is 614 g/mol. The summed E-state index contributed by atoms with van der Waals surface area (Å²) in [5.41, 5.74) is 7.00. The zero-order chi connectivity index (χ0) is 31.8. The Morgan fingerprint density at radius 3 is 2.30 bits per heavy atom. The molecular weight excluding hydrogens is 577 g/mol. The molecule has 1 aromatic heterocycles. The van der Waals surface area contributed by atoms with Crippen LogP contribution in [0.15, 0.2) is 30.3 Å². The number of nitrogen functional groups attached to an aromatic ring is 1. The summed E-state index contributed by atoms with van der Waals surface area (Å²) in [7, 11) is 1.60. The van der Waals surface area contributed by atoms with E-state index in [1.165, 1.54) is 11.0 Å². The molecule has 1 aliphatic heterocycles. The lowest BCUT2D eigenvalue weighted by atomic mass is 9.77. The Kier molecular flexibility index (Phi) is 8.76. The molecule has 0 radical (unpaired) electrons. The van der Waals surface area contributed by atoms with Crippen molar-refractivity contribution in [3.05, 3.63) is 52.8 Å². The van der Waals surface area contributed by atoms with Crippen molar-refractivity contribution in [2.75, 3.05) is 44.3 Å². The van der Waals surface area contributed by atoms with Gasteiger partial charge in [0.05, 0.1) is 24.2 Å². The molecule has 1 saturated heterocycles. The molecule has 0 unspecified atom stereocenters. The molecular formula is C31H37F3N6O4. The van der Waals surface area contributed by atoms with E-state index in [0.29, 0.717) is 72.9 Å². The molecule has 3 aromatic rings. The van der Waals surface area contributed by atoms with E-state index in [1.807, 2.05) is 12.1 Å². The topological polar surface area (TPSA) is 134 Å². The molecule has 5 rings (SSSR count). The molecule has 2 amide bonds. The van der Waals surface area contributed by atoms with Crippen LogP contribution in [0.5, 0.6) is 5.75 Å². The molecule has 2 heterocycles. The van der Waals surface area contributed by atoms with Gasteiger partial charge in [0.25, 0.3) is 0 Å². The second kappa shape index (κ2) is 12.4. The van der Waals surface area contributed by atoms with Crippen molar-refractivity contribution in [3.63, 3.8) is 0 Å². The number of carboxylic acid groups (broad SMARTS) is 1. The fourth-order valence-electron chi connectivity index (χ4n) is 6.30. The van der Waals surface area contributed by atoms with E-state index in [0.717, 1.165) is 30.5 Å². The number of ether oxygens (including phenoxy) is 1. The maximum Gasteiger partial charge on any atom is 0.416 e. The Morgan fingerprint density at radius 1 is 1.02 bits per heavy atom. The summed E-state index contributed by atoms with van der Waals surface area (Å²) in [5.74, 6) is 1.76. The van der Waals surface area contributed by atoms with Crippen LogP contribution in [0.3, 0.4) is 0 Å². The molecule has 10 nitrogen and oxygen atoms in total. The van der Waals surface area contributed by atoms with Crippen molar-refractivity contribution >= 4 is 34.4 Å². The number of rotatable bonds is 6. The smallest absolute Gasteiger partial charge is 0.416 e. The predicted molar refractivity (Wildman–Crippen MR) is 160 cm³/mol. The molecule has 0 spiro atoms. The summed E-state index contributed by atoms with van der Waals surface area (Å²) >= 11 is 0. The molecule has 0 bridgehead atoms. The van der Waals surface area contributed by atoms with Gasteiger partial charge in [0, 0.05) is 49.2 Å². The van der Waals surface area contributed by atoms with Gasteiger partial charge in [-0.1, -0.05) is 0 Å². The molecule has 2 aromatic carbocycles. The van der Waals surface area contributed by atoms with Crippen LogP contribution in [0, 0.1) is 12.8 Å². The van der Waals surface area contributed by atoms with Gasteiger partial charge < -0.3 is 30.7 Å². The predicted octanol–water partition coefficient (Wildman–Crippen LogP) is 5.82. The number of fused-ring (bicyclic) bond motifs is 1. The number of halogens is 3. The van der Waals surface area contributed by atoms with Crippen LogP contribution >= 0.6 is 0 Å². The quantitative estimate of drug-likeness (QED) is 0.296. The molecule has 236 valence electrons. The molecule has 2 aliphatic rings. The van der Waals surface area contributed by atoms with E-state index < -0.39 is 23.9 Å².